The summed E-state index contributed by atoms with van der Waals surface area (Å²) in [5.74, 6) is -1.70. The fourth-order valence-electron chi connectivity index (χ4n) is 2.54. The van der Waals surface area contributed by atoms with E-state index < -0.39 is 22.2 Å². The lowest BCUT2D eigenvalue weighted by molar-refractivity contribution is -0.384. The van der Waals surface area contributed by atoms with Crippen LogP contribution in [0.2, 0.25) is 0 Å². The van der Waals surface area contributed by atoms with Gasteiger partial charge in [0.1, 0.15) is 0 Å². The Kier molecular flexibility index (Phi) is 4.53. The number of fused-ring (bicyclic) bond motifs is 1. The first-order valence-electron chi connectivity index (χ1n) is 7.20. The van der Waals surface area contributed by atoms with Gasteiger partial charge in [-0.3, -0.25) is 14.9 Å². The largest absolute Gasteiger partial charge is 0.549 e. The SMILES string of the molecule is O=C([O-])CSc1c(-c2ccccc2)c2cc([N+](=O)[O-])ccc2[nH]c1=O. The Morgan fingerprint density at radius 1 is 1.16 bits per heavy atom. The molecule has 2 aromatic carbocycles. The van der Waals surface area contributed by atoms with Crippen LogP contribution in [0.3, 0.4) is 0 Å². The van der Waals surface area contributed by atoms with E-state index in [0.29, 0.717) is 22.0 Å². The molecule has 3 rings (SSSR count). The van der Waals surface area contributed by atoms with Crippen LogP contribution in [0.15, 0.2) is 58.2 Å². The number of non-ortho nitro benzene ring substituents is 1. The van der Waals surface area contributed by atoms with E-state index in [9.17, 15) is 24.8 Å². The van der Waals surface area contributed by atoms with Gasteiger partial charge in [-0.05, 0) is 11.6 Å². The van der Waals surface area contributed by atoms with Crippen LogP contribution in [0.5, 0.6) is 0 Å². The highest BCUT2D eigenvalue weighted by molar-refractivity contribution is 8.00. The van der Waals surface area contributed by atoms with E-state index in [2.05, 4.69) is 4.98 Å². The first-order valence-corrected chi connectivity index (χ1v) is 8.18. The molecule has 0 aliphatic carbocycles. The molecule has 0 bridgehead atoms. The molecule has 3 aromatic rings. The Morgan fingerprint density at radius 3 is 2.52 bits per heavy atom. The van der Waals surface area contributed by atoms with Crippen molar-refractivity contribution >= 4 is 34.3 Å². The minimum absolute atomic E-state index is 0.118. The van der Waals surface area contributed by atoms with Crippen LogP contribution in [0, 0.1) is 10.1 Å². The minimum Gasteiger partial charge on any atom is -0.549 e. The lowest BCUT2D eigenvalue weighted by Gasteiger charge is -2.13. The third-order valence-electron chi connectivity index (χ3n) is 3.56. The zero-order valence-corrected chi connectivity index (χ0v) is 13.5. The zero-order chi connectivity index (χ0) is 18.0. The van der Waals surface area contributed by atoms with E-state index >= 15 is 0 Å². The highest BCUT2D eigenvalue weighted by atomic mass is 32.2. The number of carbonyl (C=O) groups excluding carboxylic acids is 1. The highest BCUT2D eigenvalue weighted by Crippen LogP contribution is 2.35. The molecule has 25 heavy (non-hydrogen) atoms. The van der Waals surface area contributed by atoms with E-state index in [1.54, 1.807) is 30.3 Å². The molecular weight excluding hydrogens is 344 g/mol. The lowest BCUT2D eigenvalue weighted by Crippen LogP contribution is -2.25. The van der Waals surface area contributed by atoms with Crippen LogP contribution in [0.25, 0.3) is 22.0 Å². The summed E-state index contributed by atoms with van der Waals surface area (Å²) in [5.41, 5.74) is 1.00. The normalized spacial score (nSPS) is 10.7. The summed E-state index contributed by atoms with van der Waals surface area (Å²) in [6.45, 7) is 0. The fourth-order valence-corrected chi connectivity index (χ4v) is 3.35. The van der Waals surface area contributed by atoms with E-state index in [4.69, 9.17) is 0 Å². The summed E-state index contributed by atoms with van der Waals surface area (Å²) in [7, 11) is 0. The molecule has 0 fully saturated rings. The van der Waals surface area contributed by atoms with Gasteiger partial charge in [0, 0.05) is 34.4 Å². The lowest BCUT2D eigenvalue weighted by atomic mass is 10.0. The molecule has 0 atom stereocenters. The number of nitro groups is 1. The zero-order valence-electron chi connectivity index (χ0n) is 12.7. The van der Waals surface area contributed by atoms with Gasteiger partial charge in [-0.2, -0.15) is 0 Å². The Balaban J connectivity index is 2.36. The van der Waals surface area contributed by atoms with Crippen molar-refractivity contribution in [3.8, 4) is 11.1 Å². The highest BCUT2D eigenvalue weighted by Gasteiger charge is 2.17. The Hall–Kier alpha value is -3.13. The number of carboxylic acid groups (broad SMARTS) is 1. The van der Waals surface area contributed by atoms with Gasteiger partial charge < -0.3 is 14.9 Å². The molecule has 0 saturated heterocycles. The number of nitrogens with one attached hydrogen (secondary N) is 1. The number of pyridine rings is 1. The molecule has 0 aliphatic rings. The van der Waals surface area contributed by atoms with Crippen LogP contribution < -0.4 is 10.7 Å². The smallest absolute Gasteiger partial charge is 0.270 e. The van der Waals surface area contributed by atoms with Crippen LogP contribution in [0.1, 0.15) is 0 Å². The number of aliphatic carboxylic acids is 1. The Labute approximate surface area is 145 Å². The Morgan fingerprint density at radius 2 is 1.88 bits per heavy atom. The predicted octanol–water partition coefficient (Wildman–Crippen LogP) is 1.95. The molecule has 1 aromatic heterocycles. The van der Waals surface area contributed by atoms with E-state index in [1.165, 1.54) is 18.2 Å². The number of aromatic amines is 1. The number of thioether (sulfide) groups is 1. The number of hydrogen-bond acceptors (Lipinski definition) is 6. The van der Waals surface area contributed by atoms with Crippen molar-refractivity contribution in [1.29, 1.82) is 0 Å². The molecule has 7 nitrogen and oxygen atoms in total. The van der Waals surface area contributed by atoms with Crippen LogP contribution in [-0.2, 0) is 4.79 Å². The molecule has 0 spiro atoms. The third kappa shape index (κ3) is 3.38. The summed E-state index contributed by atoms with van der Waals surface area (Å²) in [6.07, 6.45) is 0. The second-order valence-electron chi connectivity index (χ2n) is 5.17. The molecule has 0 aliphatic heterocycles. The molecule has 0 unspecified atom stereocenters. The van der Waals surface area contributed by atoms with Crippen molar-refractivity contribution in [2.75, 3.05) is 5.75 Å². The standard InChI is InChI=1S/C17H12N2O5S/c20-14(21)9-25-16-15(10-4-2-1-3-5-10)12-8-11(19(23)24)6-7-13(12)18-17(16)22/h1-8H,9H2,(H,18,22)(H,20,21)/p-1. The van der Waals surface area contributed by atoms with Crippen molar-refractivity contribution < 1.29 is 14.8 Å². The summed E-state index contributed by atoms with van der Waals surface area (Å²) in [4.78, 5) is 36.7. The van der Waals surface area contributed by atoms with Gasteiger partial charge in [0.2, 0.25) is 0 Å². The van der Waals surface area contributed by atoms with E-state index in [-0.39, 0.29) is 10.6 Å². The van der Waals surface area contributed by atoms with Crippen molar-refractivity contribution in [1.82, 2.24) is 4.98 Å². The molecule has 8 heteroatoms. The van der Waals surface area contributed by atoms with Crippen molar-refractivity contribution in [3.63, 3.8) is 0 Å². The number of benzene rings is 2. The predicted molar refractivity (Wildman–Crippen MR) is 92.4 cm³/mol. The monoisotopic (exact) mass is 355 g/mol. The van der Waals surface area contributed by atoms with Gasteiger partial charge in [0.05, 0.1) is 15.8 Å². The molecular formula is C17H11N2O5S-. The quantitative estimate of drug-likeness (QED) is 0.425. The van der Waals surface area contributed by atoms with Gasteiger partial charge in [-0.25, -0.2) is 0 Å². The molecule has 1 N–H and O–H groups in total. The number of carbonyl (C=O) groups is 1. The maximum atomic E-state index is 12.4. The van der Waals surface area contributed by atoms with Gasteiger partial charge in [-0.1, -0.05) is 30.3 Å². The third-order valence-corrected chi connectivity index (χ3v) is 4.62. The second-order valence-corrected chi connectivity index (χ2v) is 6.16. The topological polar surface area (TPSA) is 116 Å². The molecule has 126 valence electrons. The average molecular weight is 355 g/mol. The maximum absolute atomic E-state index is 12.4. The summed E-state index contributed by atoms with van der Waals surface area (Å²) >= 11 is 0.830. The molecule has 0 saturated carbocycles. The van der Waals surface area contributed by atoms with Crippen LogP contribution in [0.4, 0.5) is 5.69 Å². The minimum atomic E-state index is -1.30. The number of aromatic nitrogens is 1. The van der Waals surface area contributed by atoms with Crippen LogP contribution in [-0.4, -0.2) is 21.6 Å². The van der Waals surface area contributed by atoms with E-state index in [1.807, 2.05) is 0 Å². The van der Waals surface area contributed by atoms with Crippen LogP contribution >= 0.6 is 11.8 Å². The number of rotatable bonds is 5. The first kappa shape index (κ1) is 16.7. The van der Waals surface area contributed by atoms with Gasteiger partial charge in [-0.15, -0.1) is 11.8 Å². The first-order chi connectivity index (χ1) is 12.0. The summed E-state index contributed by atoms with van der Waals surface area (Å²) in [6, 6.07) is 13.0. The number of nitro benzene ring substituents is 1. The molecule has 0 amide bonds. The molecule has 0 radical (unpaired) electrons. The van der Waals surface area contributed by atoms with Crippen molar-refractivity contribution in [3.05, 3.63) is 69.0 Å². The Bertz CT molecular complexity index is 1030. The number of nitrogens with zero attached hydrogens (tertiary/aromatic N) is 1. The van der Waals surface area contributed by atoms with Crippen molar-refractivity contribution in [2.45, 2.75) is 4.90 Å². The summed E-state index contributed by atoms with van der Waals surface area (Å²) < 4.78 is 0. The van der Waals surface area contributed by atoms with Gasteiger partial charge >= 0.3 is 0 Å². The average Bonchev–Trinajstić information content (AvgIpc) is 2.59. The van der Waals surface area contributed by atoms with E-state index in [0.717, 1.165) is 11.8 Å². The number of carboxylic acids is 1. The van der Waals surface area contributed by atoms with Crippen molar-refractivity contribution in [2.24, 2.45) is 0 Å². The maximum Gasteiger partial charge on any atom is 0.270 e. The number of H-pyrrole nitrogens is 1. The number of hydrogen-bond donors (Lipinski definition) is 1. The second kappa shape index (κ2) is 6.78. The summed E-state index contributed by atoms with van der Waals surface area (Å²) in [5, 5.41) is 22.4. The van der Waals surface area contributed by atoms with Gasteiger partial charge in [0.15, 0.2) is 0 Å². The van der Waals surface area contributed by atoms with Gasteiger partial charge in [0.25, 0.3) is 11.2 Å². The fraction of sp³-hybridized carbons (Fsp3) is 0.0588. The molecule has 1 heterocycles.